The second-order valence-electron chi connectivity index (χ2n) is 8.26. The molecule has 1 aliphatic heterocycles. The highest BCUT2D eigenvalue weighted by Crippen LogP contribution is 2.65. The van der Waals surface area contributed by atoms with E-state index in [1.165, 1.54) is 0 Å². The van der Waals surface area contributed by atoms with Gasteiger partial charge in [0.25, 0.3) is 5.17 Å². The first-order chi connectivity index (χ1) is 12.4. The fraction of sp³-hybridized carbons (Fsp3) is 0.524. The van der Waals surface area contributed by atoms with Crippen molar-refractivity contribution in [2.75, 3.05) is 0 Å². The zero-order chi connectivity index (χ0) is 18.5. The Balaban J connectivity index is 1.51. The van der Waals surface area contributed by atoms with Gasteiger partial charge in [-0.25, -0.2) is 0 Å². The summed E-state index contributed by atoms with van der Waals surface area (Å²) in [5, 5.41) is 10.6. The molecule has 26 heavy (non-hydrogen) atoms. The molecule has 2 bridgehead atoms. The predicted octanol–water partition coefficient (Wildman–Crippen LogP) is 3.54. The van der Waals surface area contributed by atoms with Gasteiger partial charge in [0, 0.05) is 0 Å². The zero-order valence-electron chi connectivity index (χ0n) is 15.2. The van der Waals surface area contributed by atoms with Crippen molar-refractivity contribution in [1.82, 2.24) is 4.90 Å². The lowest BCUT2D eigenvalue weighted by molar-refractivity contribution is -0.135. The van der Waals surface area contributed by atoms with Crippen LogP contribution in [0.5, 0.6) is 0 Å². The summed E-state index contributed by atoms with van der Waals surface area (Å²) in [6.07, 6.45) is 5.68. The topological polar surface area (TPSA) is 49.8 Å². The number of aliphatic hydroxyl groups is 1. The number of thiocarbonyl (C=S) groups is 1. The second kappa shape index (κ2) is 6.17. The van der Waals surface area contributed by atoms with Crippen LogP contribution in [-0.4, -0.2) is 38.8 Å². The summed E-state index contributed by atoms with van der Waals surface area (Å²) in [7, 11) is 0. The quantitative estimate of drug-likeness (QED) is 0.823. The maximum absolute atomic E-state index is 13.1. The highest BCUT2D eigenvalue weighted by molar-refractivity contribution is 7.80. The number of fused-ring (bicyclic) bond motifs is 1. The van der Waals surface area contributed by atoms with Crippen molar-refractivity contribution < 1.29 is 14.6 Å². The first kappa shape index (κ1) is 17.7. The van der Waals surface area contributed by atoms with E-state index in [9.17, 15) is 9.90 Å². The van der Waals surface area contributed by atoms with Gasteiger partial charge in [-0.1, -0.05) is 56.3 Å². The Bertz CT molecular complexity index is 760. The molecule has 4 atom stereocenters. The van der Waals surface area contributed by atoms with Gasteiger partial charge in [-0.2, -0.15) is 0 Å². The predicted molar refractivity (Wildman–Crippen MR) is 104 cm³/mol. The van der Waals surface area contributed by atoms with Crippen LogP contribution in [0.25, 0.3) is 6.08 Å². The molecule has 4 nitrogen and oxygen atoms in total. The smallest absolute Gasteiger partial charge is 0.267 e. The standard InChI is InChI=1S/C21H25NO3S/c1-20(2)15-10-11-21(20)17(12-15)25-19(26)22(21)18(24)13-16(23)9-8-14-6-4-3-5-7-14/h3-9,15-17,23H,10-13H2,1-2H3/b9-8+/t15-,16-,17-,21+/m1/s1. The van der Waals surface area contributed by atoms with Gasteiger partial charge in [0.15, 0.2) is 0 Å². The summed E-state index contributed by atoms with van der Waals surface area (Å²) in [6, 6.07) is 9.74. The number of ether oxygens (including phenoxy) is 1. The third-order valence-corrected chi connectivity index (χ3v) is 7.09. The number of carbonyl (C=O) groups is 1. The summed E-state index contributed by atoms with van der Waals surface area (Å²) in [6.45, 7) is 4.46. The number of hydrogen-bond acceptors (Lipinski definition) is 4. The van der Waals surface area contributed by atoms with Crippen LogP contribution in [-0.2, 0) is 9.53 Å². The highest BCUT2D eigenvalue weighted by atomic mass is 32.1. The van der Waals surface area contributed by atoms with Gasteiger partial charge in [-0.05, 0) is 48.4 Å². The highest BCUT2D eigenvalue weighted by Gasteiger charge is 2.72. The summed E-state index contributed by atoms with van der Waals surface area (Å²) in [5.74, 6) is 0.423. The molecule has 1 saturated heterocycles. The van der Waals surface area contributed by atoms with Crippen LogP contribution < -0.4 is 0 Å². The molecule has 138 valence electrons. The normalized spacial score (nSPS) is 32.7. The molecule has 1 amide bonds. The minimum atomic E-state index is -0.845. The minimum absolute atomic E-state index is 0.00436. The van der Waals surface area contributed by atoms with Crippen LogP contribution >= 0.6 is 12.2 Å². The van der Waals surface area contributed by atoms with E-state index in [1.54, 1.807) is 11.0 Å². The summed E-state index contributed by atoms with van der Waals surface area (Å²) in [5.41, 5.74) is 0.640. The molecule has 1 aromatic rings. The Morgan fingerprint density at radius 2 is 2.15 bits per heavy atom. The second-order valence-corrected chi connectivity index (χ2v) is 8.61. The molecule has 2 aliphatic carbocycles. The van der Waals surface area contributed by atoms with Gasteiger partial charge in [-0.3, -0.25) is 9.69 Å². The molecule has 1 aromatic carbocycles. The third-order valence-electron chi connectivity index (χ3n) is 6.81. The van der Waals surface area contributed by atoms with Crippen LogP contribution in [0.1, 0.15) is 45.1 Å². The van der Waals surface area contributed by atoms with Gasteiger partial charge < -0.3 is 9.84 Å². The Hall–Kier alpha value is -1.72. The van der Waals surface area contributed by atoms with Gasteiger partial charge in [-0.15, -0.1) is 0 Å². The van der Waals surface area contributed by atoms with E-state index in [-0.39, 0.29) is 34.6 Å². The Morgan fingerprint density at radius 1 is 1.42 bits per heavy atom. The maximum atomic E-state index is 13.1. The number of benzene rings is 1. The van der Waals surface area contributed by atoms with E-state index < -0.39 is 6.10 Å². The first-order valence-electron chi connectivity index (χ1n) is 9.31. The van der Waals surface area contributed by atoms with Crippen molar-refractivity contribution >= 4 is 29.4 Å². The lowest BCUT2D eigenvalue weighted by Gasteiger charge is -2.42. The molecule has 0 radical (unpaired) electrons. The molecule has 1 N–H and O–H groups in total. The molecule has 3 aliphatic rings. The van der Waals surface area contributed by atoms with Crippen LogP contribution in [0.4, 0.5) is 0 Å². The average molecular weight is 372 g/mol. The van der Waals surface area contributed by atoms with E-state index >= 15 is 0 Å². The molecule has 1 spiro atoms. The SMILES string of the molecule is CC1(C)[C@@H]2CC[C@]13[C@@H](C2)OC(=S)N3C(=O)C[C@H](O)/C=C/c1ccccc1. The van der Waals surface area contributed by atoms with Gasteiger partial charge in [0.05, 0.1) is 18.1 Å². The van der Waals surface area contributed by atoms with Gasteiger partial charge in [0.1, 0.15) is 6.10 Å². The fourth-order valence-corrected chi connectivity index (χ4v) is 5.73. The monoisotopic (exact) mass is 371 g/mol. The summed E-state index contributed by atoms with van der Waals surface area (Å²) < 4.78 is 5.93. The largest absolute Gasteiger partial charge is 0.465 e. The lowest BCUT2D eigenvalue weighted by Crippen LogP contribution is -2.57. The van der Waals surface area contributed by atoms with Crippen molar-refractivity contribution in [2.24, 2.45) is 11.3 Å². The van der Waals surface area contributed by atoms with E-state index in [0.29, 0.717) is 5.92 Å². The van der Waals surface area contributed by atoms with E-state index in [0.717, 1.165) is 24.8 Å². The first-order valence-corrected chi connectivity index (χ1v) is 9.72. The van der Waals surface area contributed by atoms with E-state index in [2.05, 4.69) is 13.8 Å². The fourth-order valence-electron chi connectivity index (χ4n) is 5.35. The van der Waals surface area contributed by atoms with E-state index in [1.807, 2.05) is 36.4 Å². The maximum Gasteiger partial charge on any atom is 0.267 e. The van der Waals surface area contributed by atoms with Crippen molar-refractivity contribution in [3.8, 4) is 0 Å². The molecule has 0 aromatic heterocycles. The van der Waals surface area contributed by atoms with Crippen LogP contribution in [0.15, 0.2) is 36.4 Å². The van der Waals surface area contributed by atoms with Crippen molar-refractivity contribution in [3.05, 3.63) is 42.0 Å². The lowest BCUT2D eigenvalue weighted by atomic mass is 9.74. The Labute approximate surface area is 159 Å². The third kappa shape index (κ3) is 2.44. The van der Waals surface area contributed by atoms with Crippen molar-refractivity contribution in [2.45, 2.75) is 57.3 Å². The van der Waals surface area contributed by atoms with Gasteiger partial charge in [0.2, 0.25) is 5.91 Å². The van der Waals surface area contributed by atoms with Crippen molar-refractivity contribution in [1.29, 1.82) is 0 Å². The summed E-state index contributed by atoms with van der Waals surface area (Å²) in [4.78, 5) is 14.8. The minimum Gasteiger partial charge on any atom is -0.465 e. The number of hydrogen-bond donors (Lipinski definition) is 1. The van der Waals surface area contributed by atoms with Gasteiger partial charge >= 0.3 is 0 Å². The zero-order valence-corrected chi connectivity index (χ0v) is 16.0. The number of amides is 1. The number of carbonyl (C=O) groups excluding carboxylic acids is 1. The number of aliphatic hydroxyl groups excluding tert-OH is 1. The van der Waals surface area contributed by atoms with Crippen LogP contribution in [0.2, 0.25) is 0 Å². The number of nitrogens with zero attached hydrogens (tertiary/aromatic N) is 1. The van der Waals surface area contributed by atoms with E-state index in [4.69, 9.17) is 17.0 Å². The molecular formula is C21H25NO3S. The molecule has 0 unspecified atom stereocenters. The molecule has 2 saturated carbocycles. The van der Waals surface area contributed by atoms with Crippen LogP contribution in [0, 0.1) is 11.3 Å². The molecule has 5 heteroatoms. The average Bonchev–Trinajstić information content (AvgIpc) is 3.12. The summed E-state index contributed by atoms with van der Waals surface area (Å²) >= 11 is 5.41. The van der Waals surface area contributed by atoms with Crippen LogP contribution in [0.3, 0.4) is 0 Å². The van der Waals surface area contributed by atoms with Crippen molar-refractivity contribution in [3.63, 3.8) is 0 Å². The molecule has 3 fully saturated rings. The molecule has 1 heterocycles. The Kier molecular flexibility index (Phi) is 4.20. The molecule has 4 rings (SSSR count). The number of rotatable bonds is 4. The Morgan fingerprint density at radius 3 is 2.85 bits per heavy atom. The molecular weight excluding hydrogens is 346 g/mol.